The van der Waals surface area contributed by atoms with Crippen molar-refractivity contribution in [2.75, 3.05) is 7.11 Å². The van der Waals surface area contributed by atoms with E-state index < -0.39 is 11.9 Å². The van der Waals surface area contributed by atoms with Crippen molar-refractivity contribution in [1.29, 1.82) is 0 Å². The minimum absolute atomic E-state index is 0.124. The average molecular weight is 441 g/mol. The van der Waals surface area contributed by atoms with Gasteiger partial charge in [0.2, 0.25) is 0 Å². The van der Waals surface area contributed by atoms with Gasteiger partial charge in [0.15, 0.2) is 0 Å². The van der Waals surface area contributed by atoms with E-state index in [1.807, 2.05) is 25.3 Å². The van der Waals surface area contributed by atoms with Gasteiger partial charge in [-0.3, -0.25) is 9.79 Å². The number of nitrogens with one attached hydrogen (secondary N) is 1. The van der Waals surface area contributed by atoms with Crippen LogP contribution in [0, 0.1) is 11.3 Å². The number of fused-ring (bicyclic) bond motifs is 2. The first-order chi connectivity index (χ1) is 15.8. The van der Waals surface area contributed by atoms with Gasteiger partial charge in [-0.1, -0.05) is 44.2 Å². The fraction of sp³-hybridized carbons (Fsp3) is 0.321. The Kier molecular flexibility index (Phi) is 5.08. The third-order valence-electron chi connectivity index (χ3n) is 6.93. The first kappa shape index (κ1) is 21.4. The Morgan fingerprint density at radius 2 is 1.76 bits per heavy atom. The zero-order chi connectivity index (χ0) is 23.3. The number of hydrogen-bond acceptors (Lipinski definition) is 4. The molecule has 0 saturated heterocycles. The molecule has 1 fully saturated rings. The second-order valence-electron chi connectivity index (χ2n) is 9.93. The molecule has 1 N–H and O–H groups in total. The van der Waals surface area contributed by atoms with Crippen LogP contribution in [0.2, 0.25) is 0 Å². The first-order valence-corrected chi connectivity index (χ1v) is 11.3. The molecule has 0 amide bonds. The summed E-state index contributed by atoms with van der Waals surface area (Å²) in [5, 5.41) is 1.16. The number of allylic oxidation sites excluding steroid dienone is 1. The number of hydrogen-bond donors (Lipinski definition) is 1. The SMILES string of the molecule is COC(=O)C1=C(C)N=C2CC(C)(C)CC(=O)C2C1c1ccc(-c2ccc3[nH]ccc3c2)cc1. The highest BCUT2D eigenvalue weighted by Gasteiger charge is 2.47. The topological polar surface area (TPSA) is 71.5 Å². The van der Waals surface area contributed by atoms with E-state index in [0.29, 0.717) is 17.7 Å². The lowest BCUT2D eigenvalue weighted by Gasteiger charge is -2.41. The molecule has 0 bridgehead atoms. The van der Waals surface area contributed by atoms with Crippen molar-refractivity contribution in [3.8, 4) is 11.1 Å². The molecule has 1 aromatic heterocycles. The minimum Gasteiger partial charge on any atom is -0.466 e. The Morgan fingerprint density at radius 1 is 1.03 bits per heavy atom. The van der Waals surface area contributed by atoms with Crippen LogP contribution >= 0.6 is 0 Å². The zero-order valence-electron chi connectivity index (χ0n) is 19.4. The van der Waals surface area contributed by atoms with Crippen LogP contribution in [-0.2, 0) is 14.3 Å². The molecular formula is C28H28N2O3. The molecule has 0 spiro atoms. The number of aliphatic imine (C=N–C) groups is 1. The number of H-pyrrole nitrogens is 1. The molecular weight excluding hydrogens is 412 g/mol. The van der Waals surface area contributed by atoms with Crippen LogP contribution in [0.1, 0.15) is 45.1 Å². The molecule has 5 rings (SSSR count). The maximum Gasteiger partial charge on any atom is 0.336 e. The summed E-state index contributed by atoms with van der Waals surface area (Å²) in [6, 6.07) is 16.6. The van der Waals surface area contributed by atoms with Crippen molar-refractivity contribution >= 4 is 28.4 Å². The number of nitrogens with zero attached hydrogens (tertiary/aromatic N) is 1. The maximum absolute atomic E-state index is 13.3. The van der Waals surface area contributed by atoms with Crippen LogP contribution in [0.4, 0.5) is 0 Å². The molecule has 2 unspecified atom stereocenters. The Bertz CT molecular complexity index is 1320. The van der Waals surface area contributed by atoms with Gasteiger partial charge in [-0.25, -0.2) is 4.79 Å². The van der Waals surface area contributed by atoms with Crippen LogP contribution < -0.4 is 0 Å². The highest BCUT2D eigenvalue weighted by Crippen LogP contribution is 2.47. The predicted molar refractivity (Wildman–Crippen MR) is 130 cm³/mol. The van der Waals surface area contributed by atoms with E-state index in [1.165, 1.54) is 7.11 Å². The fourth-order valence-electron chi connectivity index (χ4n) is 5.44. The van der Waals surface area contributed by atoms with Crippen molar-refractivity contribution in [3.63, 3.8) is 0 Å². The number of ketones is 1. The molecule has 168 valence electrons. The quantitative estimate of drug-likeness (QED) is 0.521. The molecule has 3 aromatic rings. The van der Waals surface area contributed by atoms with Gasteiger partial charge in [-0.15, -0.1) is 0 Å². The molecule has 5 nitrogen and oxygen atoms in total. The summed E-state index contributed by atoms with van der Waals surface area (Å²) in [6.45, 7) is 6.04. The molecule has 2 aromatic carbocycles. The summed E-state index contributed by atoms with van der Waals surface area (Å²) < 4.78 is 5.11. The summed E-state index contributed by atoms with van der Waals surface area (Å²) in [5.74, 6) is -1.07. The van der Waals surface area contributed by atoms with E-state index in [4.69, 9.17) is 9.73 Å². The fourth-order valence-corrected chi connectivity index (χ4v) is 5.44. The molecule has 1 aliphatic heterocycles. The van der Waals surface area contributed by atoms with Crippen molar-refractivity contribution in [2.45, 2.75) is 39.5 Å². The average Bonchev–Trinajstić information content (AvgIpc) is 3.25. The van der Waals surface area contributed by atoms with Crippen LogP contribution in [0.25, 0.3) is 22.0 Å². The number of benzene rings is 2. The van der Waals surface area contributed by atoms with Gasteiger partial charge in [-0.2, -0.15) is 0 Å². The minimum atomic E-state index is -0.419. The Morgan fingerprint density at radius 3 is 2.48 bits per heavy atom. The van der Waals surface area contributed by atoms with Gasteiger partial charge in [0.1, 0.15) is 5.78 Å². The molecule has 2 aliphatic rings. The molecule has 2 atom stereocenters. The second-order valence-corrected chi connectivity index (χ2v) is 9.93. The van der Waals surface area contributed by atoms with E-state index in [1.54, 1.807) is 0 Å². The summed E-state index contributed by atoms with van der Waals surface area (Å²) in [6.07, 6.45) is 3.17. The van der Waals surface area contributed by atoms with Gasteiger partial charge < -0.3 is 9.72 Å². The number of esters is 1. The molecule has 1 saturated carbocycles. The number of rotatable bonds is 3. The summed E-state index contributed by atoms with van der Waals surface area (Å²) >= 11 is 0. The molecule has 1 aliphatic carbocycles. The lowest BCUT2D eigenvalue weighted by molar-refractivity contribution is -0.136. The predicted octanol–water partition coefficient (Wildman–Crippen LogP) is 5.83. The molecule has 5 heteroatoms. The Balaban J connectivity index is 1.57. The van der Waals surface area contributed by atoms with Gasteiger partial charge in [-0.05, 0) is 59.0 Å². The lowest BCUT2D eigenvalue weighted by atomic mass is 9.63. The van der Waals surface area contributed by atoms with Gasteiger partial charge in [0.25, 0.3) is 0 Å². The third-order valence-corrected chi connectivity index (χ3v) is 6.93. The van der Waals surface area contributed by atoms with E-state index >= 15 is 0 Å². The highest BCUT2D eigenvalue weighted by atomic mass is 16.5. The van der Waals surface area contributed by atoms with Crippen molar-refractivity contribution in [1.82, 2.24) is 4.98 Å². The number of carbonyl (C=O) groups is 2. The zero-order valence-corrected chi connectivity index (χ0v) is 19.4. The van der Waals surface area contributed by atoms with Gasteiger partial charge in [0.05, 0.1) is 18.6 Å². The van der Waals surface area contributed by atoms with Crippen LogP contribution in [0.15, 0.2) is 71.0 Å². The number of Topliss-reactive ketones (excluding diaryl/α,β-unsaturated/α-hetero) is 1. The monoisotopic (exact) mass is 440 g/mol. The van der Waals surface area contributed by atoms with Crippen molar-refractivity contribution in [2.24, 2.45) is 16.3 Å². The van der Waals surface area contributed by atoms with Crippen molar-refractivity contribution in [3.05, 3.63) is 71.6 Å². The maximum atomic E-state index is 13.3. The summed E-state index contributed by atoms with van der Waals surface area (Å²) in [7, 11) is 1.38. The van der Waals surface area contributed by atoms with Crippen LogP contribution in [0.5, 0.6) is 0 Å². The summed E-state index contributed by atoms with van der Waals surface area (Å²) in [5.41, 5.74) is 6.14. The van der Waals surface area contributed by atoms with E-state index in [0.717, 1.165) is 39.7 Å². The van der Waals surface area contributed by atoms with Gasteiger partial charge >= 0.3 is 5.97 Å². The molecule has 0 radical (unpaired) electrons. The number of ether oxygens (including phenoxy) is 1. The number of aromatic amines is 1. The largest absolute Gasteiger partial charge is 0.466 e. The van der Waals surface area contributed by atoms with Crippen LogP contribution in [0.3, 0.4) is 0 Å². The van der Waals surface area contributed by atoms with Crippen molar-refractivity contribution < 1.29 is 14.3 Å². The number of methoxy groups -OCH3 is 1. The normalized spacial score (nSPS) is 22.2. The van der Waals surface area contributed by atoms with Gasteiger partial charge in [0, 0.05) is 35.5 Å². The van der Waals surface area contributed by atoms with Crippen LogP contribution in [-0.4, -0.2) is 29.6 Å². The van der Waals surface area contributed by atoms with E-state index in [9.17, 15) is 9.59 Å². The lowest BCUT2D eigenvalue weighted by Crippen LogP contribution is -2.44. The molecule has 2 heterocycles. The first-order valence-electron chi connectivity index (χ1n) is 11.3. The molecule has 33 heavy (non-hydrogen) atoms. The standard InChI is InChI=1S/C28H28N2O3/c1-16-24(27(32)33-4)25(26-22(30-16)14-28(2,3)15-23(26)31)18-7-5-17(6-8-18)19-9-10-21-20(13-19)11-12-29-21/h5-13,25-26,29H,14-15H2,1-4H3. The Hall–Kier alpha value is -3.47. The Labute approximate surface area is 193 Å². The number of aromatic nitrogens is 1. The smallest absolute Gasteiger partial charge is 0.336 e. The number of carbonyl (C=O) groups excluding carboxylic acids is 2. The third kappa shape index (κ3) is 3.71. The summed E-state index contributed by atoms with van der Waals surface area (Å²) in [4.78, 5) is 34.1. The highest BCUT2D eigenvalue weighted by molar-refractivity contribution is 6.12. The second kappa shape index (κ2) is 7.84. The van der Waals surface area contributed by atoms with E-state index in [-0.39, 0.29) is 17.1 Å². The van der Waals surface area contributed by atoms with E-state index in [2.05, 4.69) is 55.2 Å².